The topological polar surface area (TPSA) is 46.3 Å². The largest absolute Gasteiger partial charge is 0.400 e. The Bertz CT molecular complexity index is 248. The molecule has 1 fully saturated rings. The summed E-state index contributed by atoms with van der Waals surface area (Å²) >= 11 is 0. The van der Waals surface area contributed by atoms with Gasteiger partial charge in [-0.3, -0.25) is 4.79 Å². The lowest BCUT2D eigenvalue weighted by atomic mass is 9.86. The van der Waals surface area contributed by atoms with Crippen LogP contribution in [0.4, 0.5) is 13.2 Å². The van der Waals surface area contributed by atoms with Crippen molar-refractivity contribution in [2.75, 3.05) is 7.05 Å². The van der Waals surface area contributed by atoms with Crippen LogP contribution in [0.1, 0.15) is 19.8 Å². The number of alkyl halides is 3. The lowest BCUT2D eigenvalue weighted by Gasteiger charge is -2.40. The van der Waals surface area contributed by atoms with Crippen LogP contribution in [0.15, 0.2) is 0 Å². The molecule has 0 aromatic carbocycles. The van der Waals surface area contributed by atoms with Gasteiger partial charge in [-0.25, -0.2) is 0 Å². The van der Waals surface area contributed by atoms with Gasteiger partial charge in [0.2, 0.25) is 5.91 Å². The van der Waals surface area contributed by atoms with Crippen molar-refractivity contribution in [3.05, 3.63) is 0 Å². The van der Waals surface area contributed by atoms with Crippen LogP contribution in [0.3, 0.4) is 0 Å². The molecule has 0 heterocycles. The highest BCUT2D eigenvalue weighted by molar-refractivity contribution is 5.79. The van der Waals surface area contributed by atoms with Gasteiger partial charge in [0.05, 0.1) is 0 Å². The maximum absolute atomic E-state index is 12.2. The highest BCUT2D eigenvalue weighted by Gasteiger charge is 2.44. The van der Waals surface area contributed by atoms with Gasteiger partial charge in [0.25, 0.3) is 0 Å². The molecule has 0 spiro atoms. The molecule has 0 aliphatic heterocycles. The lowest BCUT2D eigenvalue weighted by Crippen LogP contribution is -2.53. The van der Waals surface area contributed by atoms with E-state index in [0.29, 0.717) is 12.8 Å². The predicted octanol–water partition coefficient (Wildman–Crippen LogP) is 1.13. The first-order valence-electron chi connectivity index (χ1n) is 4.82. The third-order valence-corrected chi connectivity index (χ3v) is 2.91. The minimum Gasteiger partial charge on any atom is -0.342 e. The number of hydrogen-bond donors (Lipinski definition) is 1. The quantitative estimate of drug-likeness (QED) is 0.764. The zero-order valence-corrected chi connectivity index (χ0v) is 8.71. The van der Waals surface area contributed by atoms with Crippen molar-refractivity contribution in [3.63, 3.8) is 0 Å². The average molecular weight is 224 g/mol. The number of amides is 1. The second kappa shape index (κ2) is 4.00. The number of rotatable bonds is 2. The standard InChI is InChI=1S/C9H15F3N2O/c1-5(9(10,11)12)8(15)14(2)7-3-6(13)4-7/h5-7H,3-4,13H2,1-2H3. The molecule has 2 N–H and O–H groups in total. The molecule has 3 nitrogen and oxygen atoms in total. The highest BCUT2D eigenvalue weighted by Crippen LogP contribution is 2.30. The number of nitrogens with zero attached hydrogens (tertiary/aromatic N) is 1. The van der Waals surface area contributed by atoms with Gasteiger partial charge in [-0.05, 0) is 19.8 Å². The fraction of sp³-hybridized carbons (Fsp3) is 0.889. The molecule has 0 radical (unpaired) electrons. The van der Waals surface area contributed by atoms with E-state index in [1.165, 1.54) is 11.9 Å². The van der Waals surface area contributed by atoms with E-state index in [1.807, 2.05) is 0 Å². The molecule has 1 amide bonds. The summed E-state index contributed by atoms with van der Waals surface area (Å²) in [6, 6.07) is -0.108. The molecule has 1 rings (SSSR count). The molecular formula is C9H15F3N2O. The van der Waals surface area contributed by atoms with Gasteiger partial charge >= 0.3 is 6.18 Å². The number of halogens is 3. The number of carbonyl (C=O) groups excluding carboxylic acids is 1. The SMILES string of the molecule is CC(C(=O)N(C)C1CC(N)C1)C(F)(F)F. The van der Waals surface area contributed by atoms with Crippen molar-refractivity contribution >= 4 is 5.91 Å². The van der Waals surface area contributed by atoms with Crippen LogP contribution in [0, 0.1) is 5.92 Å². The van der Waals surface area contributed by atoms with E-state index >= 15 is 0 Å². The molecule has 1 unspecified atom stereocenters. The van der Waals surface area contributed by atoms with E-state index in [9.17, 15) is 18.0 Å². The predicted molar refractivity (Wildman–Crippen MR) is 49.0 cm³/mol. The Labute approximate surface area is 86.4 Å². The Balaban J connectivity index is 2.53. The van der Waals surface area contributed by atoms with Gasteiger partial charge in [0.1, 0.15) is 5.92 Å². The summed E-state index contributed by atoms with van der Waals surface area (Å²) in [6.45, 7) is 0.886. The zero-order chi connectivity index (χ0) is 11.8. The first-order valence-corrected chi connectivity index (χ1v) is 4.82. The van der Waals surface area contributed by atoms with Crippen LogP contribution >= 0.6 is 0 Å². The van der Waals surface area contributed by atoms with E-state index < -0.39 is 18.0 Å². The molecule has 6 heteroatoms. The summed E-state index contributed by atoms with van der Waals surface area (Å²) < 4.78 is 36.7. The van der Waals surface area contributed by atoms with Crippen LogP contribution in [-0.4, -0.2) is 36.1 Å². The fourth-order valence-corrected chi connectivity index (χ4v) is 1.57. The molecule has 1 aliphatic rings. The van der Waals surface area contributed by atoms with E-state index in [0.717, 1.165) is 6.92 Å². The first kappa shape index (κ1) is 12.3. The van der Waals surface area contributed by atoms with E-state index in [1.54, 1.807) is 0 Å². The summed E-state index contributed by atoms with van der Waals surface area (Å²) in [6.07, 6.45) is -3.28. The molecule has 1 aliphatic carbocycles. The van der Waals surface area contributed by atoms with Crippen molar-refractivity contribution in [2.45, 2.75) is 38.0 Å². The van der Waals surface area contributed by atoms with Crippen LogP contribution in [0.25, 0.3) is 0 Å². The monoisotopic (exact) mass is 224 g/mol. The van der Waals surface area contributed by atoms with E-state index in [4.69, 9.17) is 5.73 Å². The Morgan fingerprint density at radius 1 is 1.47 bits per heavy atom. The third-order valence-electron chi connectivity index (χ3n) is 2.91. The fourth-order valence-electron chi connectivity index (χ4n) is 1.57. The van der Waals surface area contributed by atoms with Crippen LogP contribution in [-0.2, 0) is 4.79 Å². The van der Waals surface area contributed by atoms with Gasteiger partial charge in [-0.15, -0.1) is 0 Å². The minimum atomic E-state index is -4.46. The molecule has 88 valence electrons. The van der Waals surface area contributed by atoms with E-state index in [-0.39, 0.29) is 12.1 Å². The molecule has 1 saturated carbocycles. The smallest absolute Gasteiger partial charge is 0.342 e. The van der Waals surface area contributed by atoms with Crippen molar-refractivity contribution in [2.24, 2.45) is 11.7 Å². The van der Waals surface area contributed by atoms with Crippen LogP contribution in [0.2, 0.25) is 0 Å². The summed E-state index contributed by atoms with van der Waals surface area (Å²) in [5.74, 6) is -2.81. The molecule has 0 aromatic rings. The molecule has 0 aromatic heterocycles. The Morgan fingerprint density at radius 3 is 2.27 bits per heavy atom. The molecule has 15 heavy (non-hydrogen) atoms. The normalized spacial score (nSPS) is 28.1. The summed E-state index contributed by atoms with van der Waals surface area (Å²) in [5.41, 5.74) is 5.51. The van der Waals surface area contributed by atoms with Crippen LogP contribution < -0.4 is 5.73 Å². The van der Waals surface area contributed by atoms with Gasteiger partial charge in [0, 0.05) is 19.1 Å². The van der Waals surface area contributed by atoms with E-state index in [2.05, 4.69) is 0 Å². The van der Waals surface area contributed by atoms with Gasteiger partial charge in [0.15, 0.2) is 0 Å². The summed E-state index contributed by atoms with van der Waals surface area (Å²) in [7, 11) is 1.40. The maximum atomic E-state index is 12.2. The number of carbonyl (C=O) groups is 1. The van der Waals surface area contributed by atoms with Crippen LogP contribution in [0.5, 0.6) is 0 Å². The number of hydrogen-bond acceptors (Lipinski definition) is 2. The molecule has 0 bridgehead atoms. The molecule has 0 saturated heterocycles. The molecular weight excluding hydrogens is 209 g/mol. The second-order valence-electron chi connectivity index (χ2n) is 4.10. The summed E-state index contributed by atoms with van der Waals surface area (Å²) in [4.78, 5) is 12.6. The van der Waals surface area contributed by atoms with Crippen molar-refractivity contribution < 1.29 is 18.0 Å². The maximum Gasteiger partial charge on any atom is 0.400 e. The van der Waals surface area contributed by atoms with Gasteiger partial charge in [-0.2, -0.15) is 13.2 Å². The minimum absolute atomic E-state index is 0.0199. The van der Waals surface area contributed by atoms with Crippen molar-refractivity contribution in [1.29, 1.82) is 0 Å². The van der Waals surface area contributed by atoms with Crippen molar-refractivity contribution in [1.82, 2.24) is 4.90 Å². The molecule has 1 atom stereocenters. The number of nitrogens with two attached hydrogens (primary N) is 1. The Kier molecular flexibility index (Phi) is 3.28. The Hall–Kier alpha value is -0.780. The lowest BCUT2D eigenvalue weighted by molar-refractivity contribution is -0.186. The summed E-state index contributed by atoms with van der Waals surface area (Å²) in [5, 5.41) is 0. The average Bonchev–Trinajstić information content (AvgIpc) is 2.07. The third kappa shape index (κ3) is 2.62. The highest BCUT2D eigenvalue weighted by atomic mass is 19.4. The van der Waals surface area contributed by atoms with Crippen molar-refractivity contribution in [3.8, 4) is 0 Å². The Morgan fingerprint density at radius 2 is 1.93 bits per heavy atom. The van der Waals surface area contributed by atoms with Gasteiger partial charge in [-0.1, -0.05) is 0 Å². The zero-order valence-electron chi connectivity index (χ0n) is 8.71. The van der Waals surface area contributed by atoms with Gasteiger partial charge < -0.3 is 10.6 Å². The second-order valence-corrected chi connectivity index (χ2v) is 4.10. The first-order chi connectivity index (χ1) is 6.73.